The third-order valence-electron chi connectivity index (χ3n) is 6.66. The van der Waals surface area contributed by atoms with Gasteiger partial charge in [-0.2, -0.15) is 5.26 Å². The molecule has 3 aromatic rings. The maximum Gasteiger partial charge on any atom is 0.335 e. The molecule has 2 aliphatic rings. The molecular formula is C25H22N2O3. The fourth-order valence-electron chi connectivity index (χ4n) is 5.29. The van der Waals surface area contributed by atoms with E-state index in [1.807, 2.05) is 34.9 Å². The second-order valence-electron chi connectivity index (χ2n) is 8.34. The molecule has 1 N–H and O–H groups in total. The summed E-state index contributed by atoms with van der Waals surface area (Å²) in [5, 5.41) is 20.3. The molecule has 5 heteroatoms. The molecule has 1 aromatic heterocycles. The molecule has 5 nitrogen and oxygen atoms in total. The van der Waals surface area contributed by atoms with Crippen LogP contribution in [0.5, 0.6) is 0 Å². The van der Waals surface area contributed by atoms with Gasteiger partial charge in [0.15, 0.2) is 5.78 Å². The molecule has 2 heterocycles. The van der Waals surface area contributed by atoms with Crippen molar-refractivity contribution >= 4 is 22.7 Å². The molecule has 1 saturated carbocycles. The van der Waals surface area contributed by atoms with Crippen molar-refractivity contribution in [3.05, 3.63) is 59.2 Å². The van der Waals surface area contributed by atoms with Gasteiger partial charge in [-0.25, -0.2) is 4.79 Å². The predicted octanol–water partition coefficient (Wildman–Crippen LogP) is 5.24. The van der Waals surface area contributed by atoms with E-state index in [-0.39, 0.29) is 17.9 Å². The highest BCUT2D eigenvalue weighted by molar-refractivity contribution is 6.02. The molecule has 0 amide bonds. The standard InChI is InChI=1S/C25H22N2O3/c26-13-20-17-8-4-5-9-18(17)24-23(15-6-2-1-3-7-15)19-11-10-16(25(29)30)12-21(19)27(24)14-22(20)28/h4-5,8-12,15,20H,1-3,6-7,14H2,(H,29,30). The highest BCUT2D eigenvalue weighted by Crippen LogP contribution is 2.47. The van der Waals surface area contributed by atoms with Gasteiger partial charge in [0, 0.05) is 10.9 Å². The van der Waals surface area contributed by atoms with Crippen molar-refractivity contribution in [3.8, 4) is 17.3 Å². The van der Waals surface area contributed by atoms with E-state index in [1.54, 1.807) is 12.1 Å². The molecule has 1 fully saturated rings. The SMILES string of the molecule is N#CC1C(=O)Cn2c(c(C3CCCCC3)c3ccc(C(=O)O)cc32)-c2ccccc21. The van der Waals surface area contributed by atoms with Crippen LogP contribution >= 0.6 is 0 Å². The minimum atomic E-state index is -0.984. The van der Waals surface area contributed by atoms with E-state index in [1.165, 1.54) is 24.8 Å². The fraction of sp³-hybridized carbons (Fsp3) is 0.320. The normalized spacial score (nSPS) is 19.0. The molecular weight excluding hydrogens is 376 g/mol. The minimum absolute atomic E-state index is 0.0779. The summed E-state index contributed by atoms with van der Waals surface area (Å²) in [6, 6.07) is 15.1. The smallest absolute Gasteiger partial charge is 0.335 e. The first-order valence-corrected chi connectivity index (χ1v) is 10.5. The van der Waals surface area contributed by atoms with Crippen LogP contribution in [0.3, 0.4) is 0 Å². The number of aromatic carboxylic acids is 1. The van der Waals surface area contributed by atoms with Crippen molar-refractivity contribution in [3.63, 3.8) is 0 Å². The van der Waals surface area contributed by atoms with E-state index in [2.05, 4.69) is 6.07 Å². The molecule has 1 atom stereocenters. The number of hydrogen-bond donors (Lipinski definition) is 1. The highest BCUT2D eigenvalue weighted by Gasteiger charge is 2.34. The Morgan fingerprint density at radius 1 is 1.10 bits per heavy atom. The number of rotatable bonds is 2. The Labute approximate surface area is 174 Å². The Morgan fingerprint density at radius 3 is 2.60 bits per heavy atom. The number of Topliss-reactive ketones (excluding diaryl/α,β-unsaturated/α-hetero) is 1. The number of nitrogens with zero attached hydrogens (tertiary/aromatic N) is 2. The zero-order valence-electron chi connectivity index (χ0n) is 16.6. The third kappa shape index (κ3) is 2.75. The van der Waals surface area contributed by atoms with E-state index < -0.39 is 11.9 Å². The van der Waals surface area contributed by atoms with Crippen LogP contribution in [0.4, 0.5) is 0 Å². The molecule has 2 aromatic carbocycles. The van der Waals surface area contributed by atoms with Gasteiger partial charge in [0.1, 0.15) is 5.92 Å². The fourth-order valence-corrected chi connectivity index (χ4v) is 5.29. The van der Waals surface area contributed by atoms with Gasteiger partial charge in [-0.3, -0.25) is 4.79 Å². The number of fused-ring (bicyclic) bond motifs is 5. The summed E-state index contributed by atoms with van der Waals surface area (Å²) < 4.78 is 1.96. The maximum atomic E-state index is 13.1. The molecule has 5 rings (SSSR count). The molecule has 0 saturated heterocycles. The third-order valence-corrected chi connectivity index (χ3v) is 6.66. The van der Waals surface area contributed by atoms with E-state index in [0.717, 1.165) is 40.6 Å². The van der Waals surface area contributed by atoms with Crippen molar-refractivity contribution in [1.82, 2.24) is 4.57 Å². The van der Waals surface area contributed by atoms with Gasteiger partial charge in [-0.15, -0.1) is 0 Å². The summed E-state index contributed by atoms with van der Waals surface area (Å²) >= 11 is 0. The molecule has 0 radical (unpaired) electrons. The number of benzene rings is 2. The number of ketones is 1. The minimum Gasteiger partial charge on any atom is -0.478 e. The van der Waals surface area contributed by atoms with E-state index in [0.29, 0.717) is 5.92 Å². The summed E-state index contributed by atoms with van der Waals surface area (Å²) in [4.78, 5) is 24.7. The number of hydrogen-bond acceptors (Lipinski definition) is 3. The van der Waals surface area contributed by atoms with Crippen molar-refractivity contribution < 1.29 is 14.7 Å². The summed E-state index contributed by atoms with van der Waals surface area (Å²) in [5.41, 5.74) is 4.85. The van der Waals surface area contributed by atoms with Gasteiger partial charge < -0.3 is 9.67 Å². The first-order valence-electron chi connectivity index (χ1n) is 10.5. The summed E-state index contributed by atoms with van der Waals surface area (Å²) in [7, 11) is 0. The largest absolute Gasteiger partial charge is 0.478 e. The summed E-state index contributed by atoms with van der Waals surface area (Å²) in [5.74, 6) is -1.58. The lowest BCUT2D eigenvalue weighted by Gasteiger charge is -2.24. The van der Waals surface area contributed by atoms with Crippen LogP contribution in [-0.2, 0) is 11.3 Å². The van der Waals surface area contributed by atoms with Crippen LogP contribution in [-0.4, -0.2) is 21.4 Å². The van der Waals surface area contributed by atoms with Crippen LogP contribution in [0.25, 0.3) is 22.2 Å². The molecule has 1 aliphatic heterocycles. The Balaban J connectivity index is 1.88. The lowest BCUT2D eigenvalue weighted by Crippen LogP contribution is -2.15. The molecule has 0 spiro atoms. The van der Waals surface area contributed by atoms with E-state index >= 15 is 0 Å². The first kappa shape index (κ1) is 18.6. The van der Waals surface area contributed by atoms with Crippen molar-refractivity contribution in [2.75, 3.05) is 0 Å². The average molecular weight is 398 g/mol. The average Bonchev–Trinajstić information content (AvgIpc) is 3.01. The second-order valence-corrected chi connectivity index (χ2v) is 8.34. The molecule has 1 aliphatic carbocycles. The van der Waals surface area contributed by atoms with Crippen molar-refractivity contribution in [1.29, 1.82) is 5.26 Å². The number of carboxylic acids is 1. The predicted molar refractivity (Wildman–Crippen MR) is 114 cm³/mol. The summed E-state index contributed by atoms with van der Waals surface area (Å²) in [6.45, 7) is 0.0779. The van der Waals surface area contributed by atoms with E-state index in [4.69, 9.17) is 0 Å². The number of carbonyl (C=O) groups excluding carboxylic acids is 1. The lowest BCUT2D eigenvalue weighted by atomic mass is 9.81. The number of nitriles is 1. The number of carbonyl (C=O) groups is 2. The molecule has 0 bridgehead atoms. The first-order chi connectivity index (χ1) is 14.6. The Morgan fingerprint density at radius 2 is 1.87 bits per heavy atom. The van der Waals surface area contributed by atoms with Crippen LogP contribution in [0.1, 0.15) is 65.4 Å². The molecule has 150 valence electrons. The van der Waals surface area contributed by atoms with Crippen molar-refractivity contribution in [2.45, 2.75) is 50.5 Å². The zero-order chi connectivity index (χ0) is 20.8. The van der Waals surface area contributed by atoms with Gasteiger partial charge >= 0.3 is 5.97 Å². The lowest BCUT2D eigenvalue weighted by molar-refractivity contribution is -0.119. The Hall–Kier alpha value is -3.39. The monoisotopic (exact) mass is 398 g/mol. The quantitative estimate of drug-likeness (QED) is 0.639. The van der Waals surface area contributed by atoms with Gasteiger partial charge in [0.2, 0.25) is 0 Å². The molecule has 30 heavy (non-hydrogen) atoms. The Bertz CT molecular complexity index is 1230. The van der Waals surface area contributed by atoms with E-state index in [9.17, 15) is 20.0 Å². The zero-order valence-corrected chi connectivity index (χ0v) is 16.6. The topological polar surface area (TPSA) is 83.1 Å². The van der Waals surface area contributed by atoms with Crippen LogP contribution < -0.4 is 0 Å². The van der Waals surface area contributed by atoms with Crippen LogP contribution in [0.15, 0.2) is 42.5 Å². The van der Waals surface area contributed by atoms with Gasteiger partial charge in [0.25, 0.3) is 0 Å². The molecule has 1 unspecified atom stereocenters. The number of aromatic nitrogens is 1. The highest BCUT2D eigenvalue weighted by atomic mass is 16.4. The van der Waals surface area contributed by atoms with Gasteiger partial charge in [0.05, 0.1) is 29.4 Å². The van der Waals surface area contributed by atoms with Crippen LogP contribution in [0, 0.1) is 11.3 Å². The van der Waals surface area contributed by atoms with Gasteiger partial charge in [-0.05, 0) is 42.0 Å². The second kappa shape index (κ2) is 7.14. The summed E-state index contributed by atoms with van der Waals surface area (Å²) in [6.07, 6.45) is 5.76. The van der Waals surface area contributed by atoms with Crippen LogP contribution in [0.2, 0.25) is 0 Å². The Kier molecular flexibility index (Phi) is 4.43. The maximum absolute atomic E-state index is 13.1. The number of carboxylic acid groups (broad SMARTS) is 1. The van der Waals surface area contributed by atoms with Gasteiger partial charge in [-0.1, -0.05) is 49.6 Å². The van der Waals surface area contributed by atoms with Crippen molar-refractivity contribution in [2.24, 2.45) is 0 Å².